The van der Waals surface area contributed by atoms with Gasteiger partial charge in [-0.2, -0.15) is 0 Å². The SMILES string of the molecule is O=C(O)c1ccc(CCNc2cc([N+](=O)[O-])ccn2)cc1. The van der Waals surface area contributed by atoms with E-state index in [2.05, 4.69) is 10.3 Å². The number of carboxylic acid groups (broad SMARTS) is 1. The second-order valence-corrected chi connectivity index (χ2v) is 4.34. The summed E-state index contributed by atoms with van der Waals surface area (Å²) in [5.74, 6) is -0.521. The molecule has 0 atom stereocenters. The molecule has 0 amide bonds. The van der Waals surface area contributed by atoms with Crippen LogP contribution in [0.4, 0.5) is 11.5 Å². The van der Waals surface area contributed by atoms with E-state index < -0.39 is 10.9 Å². The van der Waals surface area contributed by atoms with Gasteiger partial charge in [-0.05, 0) is 24.1 Å². The topological polar surface area (TPSA) is 105 Å². The molecule has 7 nitrogen and oxygen atoms in total. The Morgan fingerprint density at radius 2 is 2.00 bits per heavy atom. The number of benzene rings is 1. The molecule has 0 spiro atoms. The van der Waals surface area contributed by atoms with Gasteiger partial charge in [-0.15, -0.1) is 0 Å². The lowest BCUT2D eigenvalue weighted by molar-refractivity contribution is -0.384. The van der Waals surface area contributed by atoms with Crippen molar-refractivity contribution < 1.29 is 14.8 Å². The maximum Gasteiger partial charge on any atom is 0.335 e. The number of nitrogens with zero attached hydrogens (tertiary/aromatic N) is 2. The Morgan fingerprint density at radius 3 is 2.62 bits per heavy atom. The summed E-state index contributed by atoms with van der Waals surface area (Å²) in [5, 5.41) is 22.4. The van der Waals surface area contributed by atoms with Gasteiger partial charge in [0.05, 0.1) is 16.6 Å². The number of pyridine rings is 1. The maximum absolute atomic E-state index is 10.7. The Labute approximate surface area is 120 Å². The molecule has 0 aliphatic rings. The van der Waals surface area contributed by atoms with Gasteiger partial charge in [0.1, 0.15) is 5.82 Å². The van der Waals surface area contributed by atoms with E-state index in [1.165, 1.54) is 18.3 Å². The van der Waals surface area contributed by atoms with Crippen molar-refractivity contribution in [3.8, 4) is 0 Å². The summed E-state index contributed by atoms with van der Waals surface area (Å²) in [5.41, 5.74) is 1.20. The first-order chi connectivity index (χ1) is 10.1. The van der Waals surface area contributed by atoms with Gasteiger partial charge in [0.25, 0.3) is 5.69 Å². The molecule has 1 aromatic carbocycles. The van der Waals surface area contributed by atoms with E-state index in [4.69, 9.17) is 5.11 Å². The van der Waals surface area contributed by atoms with Crippen LogP contribution in [0.1, 0.15) is 15.9 Å². The number of aromatic carboxylic acids is 1. The number of nitrogens with one attached hydrogen (secondary N) is 1. The quantitative estimate of drug-likeness (QED) is 0.624. The molecule has 7 heteroatoms. The number of hydrogen-bond donors (Lipinski definition) is 2. The number of carboxylic acids is 1. The summed E-state index contributed by atoms with van der Waals surface area (Å²) in [6, 6.07) is 9.27. The van der Waals surface area contributed by atoms with Gasteiger partial charge in [-0.3, -0.25) is 10.1 Å². The molecular weight excluding hydrogens is 274 g/mol. The Morgan fingerprint density at radius 1 is 1.29 bits per heavy atom. The predicted octanol–water partition coefficient (Wildman–Crippen LogP) is 2.34. The van der Waals surface area contributed by atoms with Crippen LogP contribution in [0, 0.1) is 10.1 Å². The van der Waals surface area contributed by atoms with E-state index in [0.717, 1.165) is 5.56 Å². The van der Waals surface area contributed by atoms with Crippen molar-refractivity contribution in [3.05, 3.63) is 63.8 Å². The summed E-state index contributed by atoms with van der Waals surface area (Å²) in [6.07, 6.45) is 2.03. The van der Waals surface area contributed by atoms with Crippen molar-refractivity contribution >= 4 is 17.5 Å². The molecule has 0 saturated carbocycles. The van der Waals surface area contributed by atoms with Crippen LogP contribution in [0.5, 0.6) is 0 Å². The minimum absolute atomic E-state index is 0.0155. The van der Waals surface area contributed by atoms with Crippen LogP contribution >= 0.6 is 0 Å². The highest BCUT2D eigenvalue weighted by Crippen LogP contribution is 2.14. The van der Waals surface area contributed by atoms with Crippen molar-refractivity contribution in [1.29, 1.82) is 0 Å². The average Bonchev–Trinajstić information content (AvgIpc) is 2.48. The van der Waals surface area contributed by atoms with Crippen LogP contribution in [-0.2, 0) is 6.42 Å². The second-order valence-electron chi connectivity index (χ2n) is 4.34. The summed E-state index contributed by atoms with van der Waals surface area (Å²) in [7, 11) is 0. The molecule has 0 unspecified atom stereocenters. The van der Waals surface area contributed by atoms with Crippen molar-refractivity contribution in [1.82, 2.24) is 4.98 Å². The van der Waals surface area contributed by atoms with Gasteiger partial charge in [0.15, 0.2) is 0 Å². The lowest BCUT2D eigenvalue weighted by atomic mass is 10.1. The van der Waals surface area contributed by atoms with Crippen molar-refractivity contribution in [2.45, 2.75) is 6.42 Å². The highest BCUT2D eigenvalue weighted by Gasteiger charge is 2.06. The molecule has 0 aliphatic heterocycles. The van der Waals surface area contributed by atoms with E-state index in [0.29, 0.717) is 18.8 Å². The zero-order valence-electron chi connectivity index (χ0n) is 11.0. The van der Waals surface area contributed by atoms with E-state index in [1.807, 2.05) is 0 Å². The summed E-state index contributed by atoms with van der Waals surface area (Å²) < 4.78 is 0. The zero-order chi connectivity index (χ0) is 15.2. The minimum atomic E-state index is -0.958. The highest BCUT2D eigenvalue weighted by molar-refractivity contribution is 5.87. The molecule has 0 aliphatic carbocycles. The third-order valence-corrected chi connectivity index (χ3v) is 2.88. The molecule has 0 fully saturated rings. The molecular formula is C14H13N3O4. The van der Waals surface area contributed by atoms with Crippen molar-refractivity contribution in [3.63, 3.8) is 0 Å². The molecule has 1 aromatic heterocycles. The number of nitro groups is 1. The fourth-order valence-corrected chi connectivity index (χ4v) is 1.78. The average molecular weight is 287 g/mol. The van der Waals surface area contributed by atoms with Crippen LogP contribution in [0.15, 0.2) is 42.6 Å². The number of carbonyl (C=O) groups is 1. The normalized spacial score (nSPS) is 10.1. The zero-order valence-corrected chi connectivity index (χ0v) is 11.0. The summed E-state index contributed by atoms with van der Waals surface area (Å²) in [6.45, 7) is 0.542. The molecule has 0 saturated heterocycles. The van der Waals surface area contributed by atoms with E-state index >= 15 is 0 Å². The smallest absolute Gasteiger partial charge is 0.335 e. The molecule has 0 bridgehead atoms. The third-order valence-electron chi connectivity index (χ3n) is 2.88. The standard InChI is InChI=1S/C14H13N3O4/c18-14(19)11-3-1-10(2-4-11)5-7-15-13-9-12(17(20)21)6-8-16-13/h1-4,6,8-9H,5,7H2,(H,15,16)(H,18,19). The molecule has 2 rings (SSSR count). The van der Waals surface area contributed by atoms with Crippen molar-refractivity contribution in [2.75, 3.05) is 11.9 Å². The fourth-order valence-electron chi connectivity index (χ4n) is 1.78. The van der Waals surface area contributed by atoms with Crippen LogP contribution < -0.4 is 5.32 Å². The lowest BCUT2D eigenvalue weighted by Gasteiger charge is -2.05. The van der Waals surface area contributed by atoms with Gasteiger partial charge in [-0.1, -0.05) is 12.1 Å². The first kappa shape index (κ1) is 14.4. The first-order valence-corrected chi connectivity index (χ1v) is 6.23. The Balaban J connectivity index is 1.90. The fraction of sp³-hybridized carbons (Fsp3) is 0.143. The number of hydrogen-bond acceptors (Lipinski definition) is 5. The molecule has 0 radical (unpaired) electrons. The van der Waals surface area contributed by atoms with Crippen LogP contribution in [0.25, 0.3) is 0 Å². The summed E-state index contributed by atoms with van der Waals surface area (Å²) >= 11 is 0. The molecule has 2 aromatic rings. The molecule has 1 heterocycles. The minimum Gasteiger partial charge on any atom is -0.478 e. The maximum atomic E-state index is 10.7. The Kier molecular flexibility index (Phi) is 4.45. The first-order valence-electron chi connectivity index (χ1n) is 6.23. The summed E-state index contributed by atoms with van der Waals surface area (Å²) in [4.78, 5) is 24.9. The van der Waals surface area contributed by atoms with Crippen LogP contribution in [-0.4, -0.2) is 27.5 Å². The van der Waals surface area contributed by atoms with Crippen LogP contribution in [0.3, 0.4) is 0 Å². The molecule has 108 valence electrons. The van der Waals surface area contributed by atoms with E-state index in [9.17, 15) is 14.9 Å². The van der Waals surface area contributed by atoms with Gasteiger partial charge < -0.3 is 10.4 Å². The lowest BCUT2D eigenvalue weighted by Crippen LogP contribution is -2.07. The van der Waals surface area contributed by atoms with Gasteiger partial charge in [-0.25, -0.2) is 9.78 Å². The number of rotatable bonds is 6. The van der Waals surface area contributed by atoms with E-state index in [-0.39, 0.29) is 11.3 Å². The number of anilines is 1. The molecule has 21 heavy (non-hydrogen) atoms. The van der Waals surface area contributed by atoms with Crippen LogP contribution in [0.2, 0.25) is 0 Å². The highest BCUT2D eigenvalue weighted by atomic mass is 16.6. The van der Waals surface area contributed by atoms with Crippen molar-refractivity contribution in [2.24, 2.45) is 0 Å². The van der Waals surface area contributed by atoms with Gasteiger partial charge in [0, 0.05) is 18.8 Å². The Hall–Kier alpha value is -2.96. The van der Waals surface area contributed by atoms with E-state index in [1.54, 1.807) is 24.3 Å². The largest absolute Gasteiger partial charge is 0.478 e. The Bertz CT molecular complexity index is 656. The van der Waals surface area contributed by atoms with Gasteiger partial charge in [0.2, 0.25) is 0 Å². The predicted molar refractivity (Wildman–Crippen MR) is 76.5 cm³/mol. The third kappa shape index (κ3) is 4.00. The molecule has 2 N–H and O–H groups in total. The monoisotopic (exact) mass is 287 g/mol. The second kappa shape index (κ2) is 6.47. The number of aromatic nitrogens is 1. The van der Waals surface area contributed by atoms with Gasteiger partial charge >= 0.3 is 5.97 Å².